The van der Waals surface area contributed by atoms with E-state index in [0.29, 0.717) is 22.2 Å². The van der Waals surface area contributed by atoms with Crippen LogP contribution in [0, 0.1) is 0 Å². The maximum absolute atomic E-state index is 13.0. The van der Waals surface area contributed by atoms with E-state index in [1.807, 2.05) is 79.0 Å². The zero-order valence-electron chi connectivity index (χ0n) is 20.4. The van der Waals surface area contributed by atoms with Crippen LogP contribution in [0.25, 0.3) is 11.3 Å². The van der Waals surface area contributed by atoms with E-state index in [2.05, 4.69) is 20.9 Å². The van der Waals surface area contributed by atoms with Gasteiger partial charge in [-0.1, -0.05) is 43.3 Å². The van der Waals surface area contributed by atoms with Crippen LogP contribution in [0.15, 0.2) is 89.1 Å². The van der Waals surface area contributed by atoms with Crippen LogP contribution in [0.2, 0.25) is 0 Å². The Bertz CT molecular complexity index is 1390. The number of thioether (sulfide) groups is 1. The van der Waals surface area contributed by atoms with Gasteiger partial charge in [0.15, 0.2) is 16.0 Å². The molecular formula is C28H26N4O2S3. The predicted molar refractivity (Wildman–Crippen MR) is 159 cm³/mol. The second-order valence-electron chi connectivity index (χ2n) is 8.15. The third-order valence-electron chi connectivity index (χ3n) is 5.39. The highest BCUT2D eigenvalue weighted by atomic mass is 32.2. The molecule has 0 bridgehead atoms. The Kier molecular flexibility index (Phi) is 9.05. The highest BCUT2D eigenvalue weighted by Gasteiger charge is 2.20. The van der Waals surface area contributed by atoms with E-state index in [1.165, 1.54) is 30.0 Å². The molecule has 4 rings (SSSR count). The number of Topliss-reactive ketones (excluding diaryl/α,β-unsaturated/α-hetero) is 1. The highest BCUT2D eigenvalue weighted by Crippen LogP contribution is 2.30. The van der Waals surface area contributed by atoms with Crippen molar-refractivity contribution in [1.82, 2.24) is 4.98 Å². The van der Waals surface area contributed by atoms with Crippen molar-refractivity contribution in [2.24, 2.45) is 0 Å². The number of carbonyl (C=O) groups is 2. The van der Waals surface area contributed by atoms with Gasteiger partial charge in [-0.15, -0.1) is 23.1 Å². The number of nitrogens with zero attached hydrogens (tertiary/aromatic N) is 1. The zero-order valence-corrected chi connectivity index (χ0v) is 22.8. The molecule has 1 aromatic heterocycles. The number of carbonyl (C=O) groups excluding carboxylic acids is 2. The Morgan fingerprint density at radius 2 is 1.68 bits per heavy atom. The third-order valence-corrected chi connectivity index (χ3v) is 7.71. The van der Waals surface area contributed by atoms with Gasteiger partial charge in [0.2, 0.25) is 5.91 Å². The fourth-order valence-electron chi connectivity index (χ4n) is 3.47. The van der Waals surface area contributed by atoms with Gasteiger partial charge in [-0.25, -0.2) is 4.98 Å². The summed E-state index contributed by atoms with van der Waals surface area (Å²) >= 11 is 8.36. The van der Waals surface area contributed by atoms with Crippen molar-refractivity contribution >= 4 is 68.6 Å². The quantitative estimate of drug-likeness (QED) is 0.115. The van der Waals surface area contributed by atoms with Crippen LogP contribution in [-0.4, -0.2) is 27.0 Å². The number of hydrogen-bond donors (Lipinski definition) is 3. The number of benzene rings is 3. The topological polar surface area (TPSA) is 83.1 Å². The van der Waals surface area contributed by atoms with Crippen LogP contribution >= 0.6 is 35.3 Å². The molecule has 4 aromatic rings. The van der Waals surface area contributed by atoms with Gasteiger partial charge in [-0.05, 0) is 68.0 Å². The molecule has 6 nitrogen and oxygen atoms in total. The van der Waals surface area contributed by atoms with Crippen molar-refractivity contribution in [1.29, 1.82) is 0 Å². The Morgan fingerprint density at radius 3 is 2.38 bits per heavy atom. The summed E-state index contributed by atoms with van der Waals surface area (Å²) in [6, 6.07) is 24.8. The van der Waals surface area contributed by atoms with Gasteiger partial charge in [-0.2, -0.15) is 0 Å². The molecule has 0 saturated heterocycles. The number of aromatic nitrogens is 1. The number of amides is 1. The summed E-state index contributed by atoms with van der Waals surface area (Å²) in [6.45, 7) is 3.53. The summed E-state index contributed by atoms with van der Waals surface area (Å²) in [4.78, 5) is 30.0. The molecule has 1 unspecified atom stereocenters. The van der Waals surface area contributed by atoms with Gasteiger partial charge < -0.3 is 16.0 Å². The minimum atomic E-state index is -0.274. The van der Waals surface area contributed by atoms with Gasteiger partial charge in [0.25, 0.3) is 0 Å². The molecule has 3 aromatic carbocycles. The van der Waals surface area contributed by atoms with E-state index in [-0.39, 0.29) is 16.9 Å². The monoisotopic (exact) mass is 546 g/mol. The molecule has 1 heterocycles. The first-order chi connectivity index (χ1) is 17.9. The lowest BCUT2D eigenvalue weighted by Gasteiger charge is -2.15. The second kappa shape index (κ2) is 12.6. The van der Waals surface area contributed by atoms with Crippen molar-refractivity contribution in [3.05, 3.63) is 89.8 Å². The standard InChI is InChI=1S/C28H26N4O2S3/c1-3-25(26(34)32-28-31-24(17-36-28)20-8-5-4-6-9-20)37-23-11-7-10-22(16-23)30-27(35)29-21-14-12-19(13-15-21)18(2)33/h4-17,25H,3H2,1-2H3,(H2,29,30,35)(H,31,32,34). The van der Waals surface area contributed by atoms with Crippen molar-refractivity contribution in [3.63, 3.8) is 0 Å². The van der Waals surface area contributed by atoms with Gasteiger partial charge in [0, 0.05) is 32.8 Å². The Labute approximate surface area is 229 Å². The molecule has 0 aliphatic rings. The summed E-state index contributed by atoms with van der Waals surface area (Å²) in [6.07, 6.45) is 0.668. The summed E-state index contributed by atoms with van der Waals surface area (Å²) in [7, 11) is 0. The maximum Gasteiger partial charge on any atom is 0.239 e. The smallest absolute Gasteiger partial charge is 0.239 e. The highest BCUT2D eigenvalue weighted by molar-refractivity contribution is 8.00. The van der Waals surface area contributed by atoms with Crippen LogP contribution < -0.4 is 16.0 Å². The average Bonchev–Trinajstić information content (AvgIpc) is 3.36. The minimum Gasteiger partial charge on any atom is -0.332 e. The minimum absolute atomic E-state index is 0.0178. The largest absolute Gasteiger partial charge is 0.332 e. The van der Waals surface area contributed by atoms with Gasteiger partial charge in [0.05, 0.1) is 10.9 Å². The molecule has 0 fully saturated rings. The number of nitrogens with one attached hydrogen (secondary N) is 3. The Morgan fingerprint density at radius 1 is 0.946 bits per heavy atom. The number of hydrogen-bond acceptors (Lipinski definition) is 6. The first-order valence-corrected chi connectivity index (χ1v) is 13.9. The summed E-state index contributed by atoms with van der Waals surface area (Å²) < 4.78 is 0. The van der Waals surface area contributed by atoms with Crippen molar-refractivity contribution in [2.75, 3.05) is 16.0 Å². The molecule has 1 amide bonds. The van der Waals surface area contributed by atoms with Crippen molar-refractivity contribution in [2.45, 2.75) is 30.4 Å². The molecule has 9 heteroatoms. The fourth-order valence-corrected chi connectivity index (χ4v) is 5.45. The molecule has 0 aliphatic heterocycles. The average molecular weight is 547 g/mol. The van der Waals surface area contributed by atoms with Crippen molar-refractivity contribution in [3.8, 4) is 11.3 Å². The molecule has 0 saturated carbocycles. The maximum atomic E-state index is 13.0. The summed E-state index contributed by atoms with van der Waals surface area (Å²) in [5, 5.41) is 12.0. The SMILES string of the molecule is CCC(Sc1cccc(NC(=S)Nc2ccc(C(C)=O)cc2)c1)C(=O)Nc1nc(-c2ccccc2)cs1. The normalized spacial score (nSPS) is 11.4. The van der Waals surface area contributed by atoms with Crippen LogP contribution in [0.4, 0.5) is 16.5 Å². The molecule has 37 heavy (non-hydrogen) atoms. The first-order valence-electron chi connectivity index (χ1n) is 11.7. The number of ketones is 1. The van der Waals surface area contributed by atoms with Crippen LogP contribution in [0.3, 0.4) is 0 Å². The molecule has 1 atom stereocenters. The van der Waals surface area contributed by atoms with Gasteiger partial charge >= 0.3 is 0 Å². The zero-order chi connectivity index (χ0) is 26.2. The predicted octanol–water partition coefficient (Wildman–Crippen LogP) is 7.33. The first kappa shape index (κ1) is 26.5. The van der Waals surface area contributed by atoms with Crippen molar-refractivity contribution < 1.29 is 9.59 Å². The Balaban J connectivity index is 1.34. The number of anilines is 3. The van der Waals surface area contributed by atoms with E-state index in [1.54, 1.807) is 12.1 Å². The lowest BCUT2D eigenvalue weighted by atomic mass is 10.1. The molecule has 0 spiro atoms. The van der Waals surface area contributed by atoms with E-state index < -0.39 is 0 Å². The summed E-state index contributed by atoms with van der Waals surface area (Å²) in [5.74, 6) is -0.0600. The third kappa shape index (κ3) is 7.48. The Hall–Kier alpha value is -3.53. The van der Waals surface area contributed by atoms with E-state index in [0.717, 1.165) is 27.5 Å². The molecular weight excluding hydrogens is 521 g/mol. The molecule has 3 N–H and O–H groups in total. The van der Waals surface area contributed by atoms with E-state index in [4.69, 9.17) is 12.2 Å². The number of thiocarbonyl (C=S) groups is 1. The van der Waals surface area contributed by atoms with Crippen LogP contribution in [0.1, 0.15) is 30.6 Å². The van der Waals surface area contributed by atoms with Gasteiger partial charge in [-0.3, -0.25) is 9.59 Å². The van der Waals surface area contributed by atoms with Crippen LogP contribution in [-0.2, 0) is 4.79 Å². The molecule has 188 valence electrons. The fraction of sp³-hybridized carbons (Fsp3) is 0.143. The number of thiazole rings is 1. The van der Waals surface area contributed by atoms with E-state index in [9.17, 15) is 9.59 Å². The molecule has 0 radical (unpaired) electrons. The summed E-state index contributed by atoms with van der Waals surface area (Å²) in [5.41, 5.74) is 4.11. The van der Waals surface area contributed by atoms with E-state index >= 15 is 0 Å². The lowest BCUT2D eigenvalue weighted by molar-refractivity contribution is -0.115. The van der Waals surface area contributed by atoms with Gasteiger partial charge in [0.1, 0.15) is 0 Å². The molecule has 0 aliphatic carbocycles. The lowest BCUT2D eigenvalue weighted by Crippen LogP contribution is -2.24. The number of rotatable bonds is 9. The van der Waals surface area contributed by atoms with Crippen LogP contribution in [0.5, 0.6) is 0 Å². The second-order valence-corrected chi connectivity index (χ2v) is 10.7.